The van der Waals surface area contributed by atoms with E-state index in [1.807, 2.05) is 67.6 Å². The second-order valence-corrected chi connectivity index (χ2v) is 9.27. The van der Waals surface area contributed by atoms with Gasteiger partial charge in [0.1, 0.15) is 5.56 Å². The number of carbonyl (C=O) groups is 2. The highest BCUT2D eigenvalue weighted by molar-refractivity contribution is 6.10. The Kier molecular flexibility index (Phi) is 9.59. The molecule has 1 aromatic heterocycles. The van der Waals surface area contributed by atoms with Crippen LogP contribution in [0.1, 0.15) is 41.5 Å². The van der Waals surface area contributed by atoms with Gasteiger partial charge in [-0.25, -0.2) is 4.68 Å². The van der Waals surface area contributed by atoms with Gasteiger partial charge in [-0.3, -0.25) is 14.4 Å². The lowest BCUT2D eigenvalue weighted by Gasteiger charge is -2.18. The highest BCUT2D eigenvalue weighted by atomic mass is 16.2. The van der Waals surface area contributed by atoms with Crippen LogP contribution in [0, 0.1) is 0 Å². The zero-order valence-electron chi connectivity index (χ0n) is 23.2. The minimum Gasteiger partial charge on any atom is -0.351 e. The van der Waals surface area contributed by atoms with Gasteiger partial charge in [0.2, 0.25) is 0 Å². The molecule has 0 unspecified atom stereocenters. The Labute approximate surface area is 234 Å². The predicted molar refractivity (Wildman–Crippen MR) is 160 cm³/mol. The Bertz CT molecular complexity index is 1500. The number of carbonyl (C=O) groups excluding carboxylic acids is 2. The SMILES string of the molecule is CCN(CC)CCNC(=O)c1ccc(NC(=O)c2c(-c3ccccc3)c(-c3ccccc3)nn(CC)c2=O)cc1. The number of aromatic nitrogens is 2. The Morgan fingerprint density at radius 1 is 0.800 bits per heavy atom. The molecule has 4 rings (SSSR count). The number of anilines is 1. The van der Waals surface area contributed by atoms with Crippen LogP contribution in [0.3, 0.4) is 0 Å². The van der Waals surface area contributed by atoms with Crippen molar-refractivity contribution in [1.82, 2.24) is 20.0 Å². The van der Waals surface area contributed by atoms with Gasteiger partial charge in [0.05, 0.1) is 5.69 Å². The van der Waals surface area contributed by atoms with Gasteiger partial charge in [-0.15, -0.1) is 0 Å². The largest absolute Gasteiger partial charge is 0.351 e. The molecule has 206 valence electrons. The summed E-state index contributed by atoms with van der Waals surface area (Å²) in [5, 5.41) is 10.4. The van der Waals surface area contributed by atoms with Crippen LogP contribution in [0.15, 0.2) is 89.7 Å². The number of nitrogens with one attached hydrogen (secondary N) is 2. The van der Waals surface area contributed by atoms with Crippen molar-refractivity contribution in [2.45, 2.75) is 27.3 Å². The number of hydrogen-bond donors (Lipinski definition) is 2. The third kappa shape index (κ3) is 6.52. The van der Waals surface area contributed by atoms with E-state index in [9.17, 15) is 14.4 Å². The average Bonchev–Trinajstić information content (AvgIpc) is 3.00. The van der Waals surface area contributed by atoms with Crippen LogP contribution in [0.4, 0.5) is 5.69 Å². The van der Waals surface area contributed by atoms with Gasteiger partial charge in [0.25, 0.3) is 17.4 Å². The molecule has 0 aliphatic heterocycles. The summed E-state index contributed by atoms with van der Waals surface area (Å²) in [6.07, 6.45) is 0. The van der Waals surface area contributed by atoms with Gasteiger partial charge in [0, 0.05) is 42.0 Å². The molecule has 1 heterocycles. The molecule has 0 aliphatic rings. The summed E-state index contributed by atoms with van der Waals surface area (Å²) in [6, 6.07) is 25.5. The Morgan fingerprint density at radius 2 is 1.40 bits per heavy atom. The Morgan fingerprint density at radius 3 is 1.98 bits per heavy atom. The fourth-order valence-electron chi connectivity index (χ4n) is 4.55. The molecule has 3 aromatic carbocycles. The smallest absolute Gasteiger partial charge is 0.280 e. The number of nitrogens with zero attached hydrogens (tertiary/aromatic N) is 3. The minimum atomic E-state index is -0.540. The van der Waals surface area contributed by atoms with E-state index in [-0.39, 0.29) is 11.5 Å². The molecule has 0 atom stereocenters. The van der Waals surface area contributed by atoms with Crippen molar-refractivity contribution < 1.29 is 9.59 Å². The second-order valence-electron chi connectivity index (χ2n) is 9.27. The molecule has 4 aromatic rings. The zero-order valence-corrected chi connectivity index (χ0v) is 23.2. The molecule has 2 amide bonds. The van der Waals surface area contributed by atoms with E-state index in [0.29, 0.717) is 35.6 Å². The maximum absolute atomic E-state index is 13.7. The van der Waals surface area contributed by atoms with Crippen molar-refractivity contribution in [3.8, 4) is 22.4 Å². The predicted octanol–water partition coefficient (Wildman–Crippen LogP) is 4.92. The van der Waals surface area contributed by atoms with E-state index >= 15 is 0 Å². The van der Waals surface area contributed by atoms with E-state index in [0.717, 1.165) is 30.8 Å². The lowest BCUT2D eigenvalue weighted by Crippen LogP contribution is -2.34. The minimum absolute atomic E-state index is 0.0140. The van der Waals surface area contributed by atoms with Crippen LogP contribution in [0.25, 0.3) is 22.4 Å². The van der Waals surface area contributed by atoms with Crippen molar-refractivity contribution in [2.24, 2.45) is 0 Å². The van der Waals surface area contributed by atoms with Gasteiger partial charge in [-0.1, -0.05) is 74.5 Å². The molecule has 0 aliphatic carbocycles. The fraction of sp³-hybridized carbons (Fsp3) is 0.250. The maximum atomic E-state index is 13.7. The first-order valence-electron chi connectivity index (χ1n) is 13.6. The highest BCUT2D eigenvalue weighted by Crippen LogP contribution is 2.32. The second kappa shape index (κ2) is 13.5. The third-order valence-corrected chi connectivity index (χ3v) is 6.81. The standard InChI is InChI=1S/C32H35N5O3/c1-4-36(5-2)22-21-33-30(38)25-17-19-26(20-18-25)34-31(39)28-27(23-13-9-7-10-14-23)29(24-15-11-8-12-16-24)35-37(6-3)32(28)40/h7-20H,4-6,21-22H2,1-3H3,(H,33,38)(H,34,39). The topological polar surface area (TPSA) is 96.3 Å². The Balaban J connectivity index is 1.64. The summed E-state index contributed by atoms with van der Waals surface area (Å²) in [6.45, 7) is 9.51. The van der Waals surface area contributed by atoms with Crippen molar-refractivity contribution in [2.75, 3.05) is 31.5 Å². The number of rotatable bonds is 11. The molecule has 8 nitrogen and oxygen atoms in total. The van der Waals surface area contributed by atoms with Crippen LogP contribution in [-0.2, 0) is 6.54 Å². The lowest BCUT2D eigenvalue weighted by atomic mass is 9.95. The lowest BCUT2D eigenvalue weighted by molar-refractivity contribution is 0.0948. The highest BCUT2D eigenvalue weighted by Gasteiger charge is 2.25. The molecule has 0 spiro atoms. The van der Waals surface area contributed by atoms with E-state index in [2.05, 4.69) is 34.5 Å². The first-order valence-corrected chi connectivity index (χ1v) is 13.6. The Hall–Kier alpha value is -4.56. The van der Waals surface area contributed by atoms with E-state index in [4.69, 9.17) is 0 Å². The molecule has 0 saturated carbocycles. The van der Waals surface area contributed by atoms with Crippen LogP contribution in [0.5, 0.6) is 0 Å². The van der Waals surface area contributed by atoms with Crippen LogP contribution >= 0.6 is 0 Å². The van der Waals surface area contributed by atoms with Crippen molar-refractivity contribution >= 4 is 17.5 Å². The number of hydrogen-bond acceptors (Lipinski definition) is 5. The molecule has 2 N–H and O–H groups in total. The van der Waals surface area contributed by atoms with Gasteiger partial charge >= 0.3 is 0 Å². The molecule has 40 heavy (non-hydrogen) atoms. The summed E-state index contributed by atoms with van der Waals surface area (Å²) in [5.74, 6) is -0.717. The third-order valence-electron chi connectivity index (χ3n) is 6.81. The number of aryl methyl sites for hydroxylation is 1. The average molecular weight is 538 g/mol. The molecular weight excluding hydrogens is 502 g/mol. The van der Waals surface area contributed by atoms with E-state index in [1.54, 1.807) is 24.3 Å². The van der Waals surface area contributed by atoms with Gasteiger partial charge < -0.3 is 15.5 Å². The molecule has 8 heteroatoms. The van der Waals surface area contributed by atoms with Crippen LogP contribution < -0.4 is 16.2 Å². The molecule has 0 fully saturated rings. The first kappa shape index (κ1) is 28.4. The molecule has 0 saturated heterocycles. The van der Waals surface area contributed by atoms with Gasteiger partial charge in [0.15, 0.2) is 0 Å². The first-order chi connectivity index (χ1) is 19.5. The van der Waals surface area contributed by atoms with Crippen molar-refractivity contribution in [3.05, 3.63) is 106 Å². The van der Waals surface area contributed by atoms with Gasteiger partial charge in [-0.05, 0) is 49.8 Å². The summed E-state index contributed by atoms with van der Waals surface area (Å²) in [7, 11) is 0. The summed E-state index contributed by atoms with van der Waals surface area (Å²) in [4.78, 5) is 42.1. The summed E-state index contributed by atoms with van der Waals surface area (Å²) >= 11 is 0. The summed E-state index contributed by atoms with van der Waals surface area (Å²) in [5.41, 5.74) is 3.06. The van der Waals surface area contributed by atoms with E-state index in [1.165, 1.54) is 4.68 Å². The maximum Gasteiger partial charge on any atom is 0.280 e. The monoisotopic (exact) mass is 537 g/mol. The van der Waals surface area contributed by atoms with Gasteiger partial charge in [-0.2, -0.15) is 5.10 Å². The molecule has 0 bridgehead atoms. The number of benzene rings is 3. The number of amides is 2. The van der Waals surface area contributed by atoms with Crippen molar-refractivity contribution in [3.63, 3.8) is 0 Å². The number of likely N-dealkylation sites (N-methyl/N-ethyl adjacent to an activating group) is 1. The quantitative estimate of drug-likeness (QED) is 0.283. The zero-order chi connectivity index (χ0) is 28.5. The fourth-order valence-corrected chi connectivity index (χ4v) is 4.55. The van der Waals surface area contributed by atoms with E-state index < -0.39 is 11.5 Å². The molecular formula is C32H35N5O3. The van der Waals surface area contributed by atoms with Crippen LogP contribution in [0.2, 0.25) is 0 Å². The molecule has 0 radical (unpaired) electrons. The van der Waals surface area contributed by atoms with Crippen molar-refractivity contribution in [1.29, 1.82) is 0 Å². The van der Waals surface area contributed by atoms with Crippen LogP contribution in [-0.4, -0.2) is 52.7 Å². The normalized spacial score (nSPS) is 10.9. The summed E-state index contributed by atoms with van der Waals surface area (Å²) < 4.78 is 1.31.